The fraction of sp³-hybridized carbons (Fsp3) is 0. The summed E-state index contributed by atoms with van der Waals surface area (Å²) in [5.74, 6) is -1.35. The van der Waals surface area contributed by atoms with Gasteiger partial charge in [0.05, 0.1) is 11.8 Å². The second kappa shape index (κ2) is 4.58. The van der Waals surface area contributed by atoms with Crippen LogP contribution < -0.4 is 10.3 Å². The van der Waals surface area contributed by atoms with Crippen molar-refractivity contribution >= 4 is 5.97 Å². The van der Waals surface area contributed by atoms with Crippen molar-refractivity contribution in [1.82, 2.24) is 9.97 Å². The summed E-state index contributed by atoms with van der Waals surface area (Å²) in [5.41, 5.74) is -0.682. The molecule has 0 amide bonds. The molecule has 0 aromatic carbocycles. The SMILES string of the molecule is O=C(O)c1c[nH]c(=O)c(Oc2ccc(O)cn2)c1. The molecule has 2 aromatic rings. The van der Waals surface area contributed by atoms with Crippen molar-refractivity contribution in [2.24, 2.45) is 0 Å². The minimum absolute atomic E-state index is 0.0458. The van der Waals surface area contributed by atoms with Crippen LogP contribution in [0, 0.1) is 0 Å². The maximum absolute atomic E-state index is 11.4. The Morgan fingerprint density at radius 1 is 1.39 bits per heavy atom. The van der Waals surface area contributed by atoms with Gasteiger partial charge in [-0.05, 0) is 6.07 Å². The summed E-state index contributed by atoms with van der Waals surface area (Å²) >= 11 is 0. The number of carboxylic acids is 1. The van der Waals surface area contributed by atoms with Gasteiger partial charge in [0.25, 0.3) is 5.56 Å². The number of hydrogen-bond donors (Lipinski definition) is 3. The Morgan fingerprint density at radius 3 is 2.78 bits per heavy atom. The Hall–Kier alpha value is -2.83. The summed E-state index contributed by atoms with van der Waals surface area (Å²) in [6, 6.07) is 3.77. The van der Waals surface area contributed by atoms with E-state index in [4.69, 9.17) is 14.9 Å². The molecule has 0 fully saturated rings. The molecule has 2 heterocycles. The topological polar surface area (TPSA) is 113 Å². The van der Waals surface area contributed by atoms with Crippen LogP contribution in [0.25, 0.3) is 0 Å². The number of pyridine rings is 2. The van der Waals surface area contributed by atoms with Crippen LogP contribution >= 0.6 is 0 Å². The monoisotopic (exact) mass is 248 g/mol. The Morgan fingerprint density at radius 2 is 2.17 bits per heavy atom. The van der Waals surface area contributed by atoms with Crippen LogP contribution in [0.3, 0.4) is 0 Å². The van der Waals surface area contributed by atoms with Crippen LogP contribution in [0.2, 0.25) is 0 Å². The maximum atomic E-state index is 11.4. The van der Waals surface area contributed by atoms with Gasteiger partial charge in [0.1, 0.15) is 5.75 Å². The first kappa shape index (κ1) is 11.6. The largest absolute Gasteiger partial charge is 0.506 e. The number of aromatic carboxylic acids is 1. The van der Waals surface area contributed by atoms with E-state index in [-0.39, 0.29) is 22.9 Å². The van der Waals surface area contributed by atoms with Crippen LogP contribution in [0.1, 0.15) is 10.4 Å². The van der Waals surface area contributed by atoms with E-state index < -0.39 is 11.5 Å². The molecule has 0 saturated heterocycles. The molecule has 0 spiro atoms. The highest BCUT2D eigenvalue weighted by Crippen LogP contribution is 2.18. The number of nitrogens with zero attached hydrogens (tertiary/aromatic N) is 1. The molecule has 0 atom stereocenters. The first-order chi connectivity index (χ1) is 8.56. The van der Waals surface area contributed by atoms with Crippen LogP contribution in [-0.4, -0.2) is 26.2 Å². The van der Waals surface area contributed by atoms with Crippen LogP contribution in [0.5, 0.6) is 17.4 Å². The molecular formula is C11H8N2O5. The number of aromatic nitrogens is 2. The molecule has 2 aromatic heterocycles. The number of carboxylic acid groups (broad SMARTS) is 1. The minimum Gasteiger partial charge on any atom is -0.506 e. The van der Waals surface area contributed by atoms with E-state index in [0.29, 0.717) is 0 Å². The first-order valence-corrected chi connectivity index (χ1v) is 4.85. The molecule has 0 aliphatic rings. The van der Waals surface area contributed by atoms with Gasteiger partial charge in [-0.2, -0.15) is 0 Å². The van der Waals surface area contributed by atoms with Crippen molar-refractivity contribution in [1.29, 1.82) is 0 Å². The standard InChI is InChI=1S/C11H8N2O5/c14-7-1-2-9(12-5-7)18-8-3-6(11(16)17)4-13-10(8)15/h1-5,14H,(H,13,15)(H,16,17). The summed E-state index contributed by atoms with van der Waals surface area (Å²) in [5, 5.41) is 17.8. The van der Waals surface area contributed by atoms with Crippen molar-refractivity contribution in [2.75, 3.05) is 0 Å². The van der Waals surface area contributed by atoms with Gasteiger partial charge in [0.15, 0.2) is 5.75 Å². The molecular weight excluding hydrogens is 240 g/mol. The first-order valence-electron chi connectivity index (χ1n) is 4.85. The van der Waals surface area contributed by atoms with Gasteiger partial charge in [-0.15, -0.1) is 0 Å². The van der Waals surface area contributed by atoms with Crippen LogP contribution in [0.4, 0.5) is 0 Å². The van der Waals surface area contributed by atoms with Gasteiger partial charge < -0.3 is 19.9 Å². The van der Waals surface area contributed by atoms with E-state index in [2.05, 4.69) is 9.97 Å². The lowest BCUT2D eigenvalue weighted by molar-refractivity contribution is 0.0696. The predicted molar refractivity (Wildman–Crippen MR) is 60.0 cm³/mol. The van der Waals surface area contributed by atoms with E-state index in [9.17, 15) is 9.59 Å². The zero-order chi connectivity index (χ0) is 13.1. The summed E-state index contributed by atoms with van der Waals surface area (Å²) in [4.78, 5) is 28.1. The molecule has 0 radical (unpaired) electrons. The highest BCUT2D eigenvalue weighted by atomic mass is 16.5. The Bertz CT molecular complexity index is 633. The maximum Gasteiger partial charge on any atom is 0.337 e. The number of aromatic amines is 1. The number of aromatic hydroxyl groups is 1. The van der Waals surface area contributed by atoms with E-state index in [1.54, 1.807) is 0 Å². The Kier molecular flexibility index (Phi) is 2.96. The van der Waals surface area contributed by atoms with Crippen LogP contribution in [0.15, 0.2) is 35.4 Å². The number of nitrogens with one attached hydrogen (secondary N) is 1. The molecule has 7 heteroatoms. The van der Waals surface area contributed by atoms with E-state index in [1.165, 1.54) is 12.1 Å². The molecule has 7 nitrogen and oxygen atoms in total. The Labute approximate surface area is 100 Å². The summed E-state index contributed by atoms with van der Waals surface area (Å²) in [6.07, 6.45) is 2.21. The van der Waals surface area contributed by atoms with Crippen molar-refractivity contribution in [3.63, 3.8) is 0 Å². The molecule has 0 saturated carbocycles. The molecule has 92 valence electrons. The van der Waals surface area contributed by atoms with E-state index in [0.717, 1.165) is 18.5 Å². The molecule has 0 bridgehead atoms. The predicted octanol–water partition coefficient (Wildman–Crippen LogP) is 0.966. The number of hydrogen-bond acceptors (Lipinski definition) is 5. The van der Waals surface area contributed by atoms with Gasteiger partial charge >= 0.3 is 5.97 Å². The third-order valence-corrected chi connectivity index (χ3v) is 2.05. The molecule has 0 aliphatic carbocycles. The van der Waals surface area contributed by atoms with Crippen LogP contribution in [-0.2, 0) is 0 Å². The second-order valence-electron chi connectivity index (χ2n) is 3.34. The van der Waals surface area contributed by atoms with Crippen molar-refractivity contribution < 1.29 is 19.7 Å². The minimum atomic E-state index is -1.19. The lowest BCUT2D eigenvalue weighted by Crippen LogP contribution is -2.11. The second-order valence-corrected chi connectivity index (χ2v) is 3.34. The lowest BCUT2D eigenvalue weighted by atomic mass is 10.3. The van der Waals surface area contributed by atoms with Crippen molar-refractivity contribution in [2.45, 2.75) is 0 Å². The van der Waals surface area contributed by atoms with Crippen molar-refractivity contribution in [3.05, 3.63) is 46.5 Å². The quantitative estimate of drug-likeness (QED) is 0.745. The Balaban J connectivity index is 2.33. The molecule has 18 heavy (non-hydrogen) atoms. The number of rotatable bonds is 3. The van der Waals surface area contributed by atoms with Gasteiger partial charge in [-0.25, -0.2) is 9.78 Å². The van der Waals surface area contributed by atoms with Crippen molar-refractivity contribution in [3.8, 4) is 17.4 Å². The van der Waals surface area contributed by atoms with Gasteiger partial charge in [-0.1, -0.05) is 0 Å². The zero-order valence-corrected chi connectivity index (χ0v) is 8.95. The molecule has 0 aliphatic heterocycles. The zero-order valence-electron chi connectivity index (χ0n) is 8.95. The summed E-state index contributed by atoms with van der Waals surface area (Å²) in [6.45, 7) is 0. The number of H-pyrrole nitrogens is 1. The number of carbonyl (C=O) groups is 1. The molecule has 3 N–H and O–H groups in total. The summed E-state index contributed by atoms with van der Waals surface area (Å²) < 4.78 is 5.13. The molecule has 0 unspecified atom stereocenters. The lowest BCUT2D eigenvalue weighted by Gasteiger charge is -2.04. The van der Waals surface area contributed by atoms with Gasteiger partial charge in [0, 0.05) is 18.3 Å². The van der Waals surface area contributed by atoms with Gasteiger partial charge in [0.2, 0.25) is 5.88 Å². The molecule has 2 rings (SSSR count). The average Bonchev–Trinajstić information content (AvgIpc) is 2.34. The fourth-order valence-electron chi connectivity index (χ4n) is 1.21. The smallest absolute Gasteiger partial charge is 0.337 e. The highest BCUT2D eigenvalue weighted by Gasteiger charge is 2.09. The number of ether oxygens (including phenoxy) is 1. The fourth-order valence-corrected chi connectivity index (χ4v) is 1.21. The van der Waals surface area contributed by atoms with E-state index >= 15 is 0 Å². The normalized spacial score (nSPS) is 10.0. The highest BCUT2D eigenvalue weighted by molar-refractivity contribution is 5.87. The van der Waals surface area contributed by atoms with E-state index in [1.807, 2.05) is 0 Å². The summed E-state index contributed by atoms with van der Waals surface area (Å²) in [7, 11) is 0. The van der Waals surface area contributed by atoms with Gasteiger partial charge in [-0.3, -0.25) is 4.79 Å². The average molecular weight is 248 g/mol. The third-order valence-electron chi connectivity index (χ3n) is 2.05. The third kappa shape index (κ3) is 2.46.